The lowest BCUT2D eigenvalue weighted by Gasteiger charge is -2.09. The van der Waals surface area contributed by atoms with Gasteiger partial charge in [-0.3, -0.25) is 4.79 Å². The van der Waals surface area contributed by atoms with Crippen LogP contribution in [0.15, 0.2) is 28.9 Å². The Bertz CT molecular complexity index is 693. The predicted octanol–water partition coefficient (Wildman–Crippen LogP) is 5.71. The Morgan fingerprint density at radius 1 is 1.05 bits per heavy atom. The maximum absolute atomic E-state index is 12.1. The molecular weight excluding hydrogens is 410 g/mol. The van der Waals surface area contributed by atoms with Crippen LogP contribution in [0.25, 0.3) is 0 Å². The molecule has 2 aromatic rings. The summed E-state index contributed by atoms with van der Waals surface area (Å²) in [6.07, 6.45) is 1.49. The fraction of sp³-hybridized carbons (Fsp3) is 0. The highest BCUT2D eigenvalue weighted by Gasteiger charge is 2.15. The van der Waals surface area contributed by atoms with Crippen molar-refractivity contribution >= 4 is 73.9 Å². The van der Waals surface area contributed by atoms with Crippen LogP contribution in [0, 0.1) is 0 Å². The Morgan fingerprint density at radius 3 is 2.40 bits per heavy atom. The highest BCUT2D eigenvalue weighted by atomic mass is 79.9. The summed E-state index contributed by atoms with van der Waals surface area (Å²) >= 11 is 26.8. The third kappa shape index (κ3) is 3.57. The van der Waals surface area contributed by atoms with Crippen LogP contribution < -0.4 is 5.32 Å². The first kappa shape index (κ1) is 15.9. The van der Waals surface area contributed by atoms with Gasteiger partial charge in [0.25, 0.3) is 5.91 Å². The van der Waals surface area contributed by atoms with E-state index in [0.717, 1.165) is 0 Å². The zero-order valence-electron chi connectivity index (χ0n) is 9.55. The van der Waals surface area contributed by atoms with Crippen LogP contribution in [0.5, 0.6) is 0 Å². The first-order valence-electron chi connectivity index (χ1n) is 5.15. The Labute approximate surface area is 143 Å². The molecular formula is C12H5BrCl4N2O. The number of nitrogens with zero attached hydrogens (tertiary/aromatic N) is 1. The van der Waals surface area contributed by atoms with Crippen LogP contribution in [0.2, 0.25) is 20.2 Å². The van der Waals surface area contributed by atoms with E-state index in [1.807, 2.05) is 0 Å². The molecule has 0 saturated heterocycles. The first-order valence-corrected chi connectivity index (χ1v) is 7.46. The van der Waals surface area contributed by atoms with Gasteiger partial charge in [0, 0.05) is 10.7 Å². The zero-order chi connectivity index (χ0) is 14.9. The van der Waals surface area contributed by atoms with Crippen LogP contribution in [-0.2, 0) is 0 Å². The Hall–Kier alpha value is -0.520. The van der Waals surface area contributed by atoms with Crippen molar-refractivity contribution < 1.29 is 4.79 Å². The number of aromatic nitrogens is 1. The number of amides is 1. The molecule has 2 rings (SSSR count). The number of benzene rings is 1. The summed E-state index contributed by atoms with van der Waals surface area (Å²) in [5.74, 6) is -0.455. The lowest BCUT2D eigenvalue weighted by Crippen LogP contribution is -2.13. The third-order valence-corrected chi connectivity index (χ3v) is 4.08. The van der Waals surface area contributed by atoms with E-state index >= 15 is 0 Å². The van der Waals surface area contributed by atoms with Crippen molar-refractivity contribution in [2.45, 2.75) is 0 Å². The van der Waals surface area contributed by atoms with E-state index in [9.17, 15) is 4.79 Å². The molecule has 0 aliphatic heterocycles. The van der Waals surface area contributed by atoms with Crippen molar-refractivity contribution in [3.63, 3.8) is 0 Å². The lowest BCUT2D eigenvalue weighted by atomic mass is 10.2. The van der Waals surface area contributed by atoms with Gasteiger partial charge in [-0.25, -0.2) is 4.98 Å². The highest BCUT2D eigenvalue weighted by Crippen LogP contribution is 2.32. The average molecular weight is 415 g/mol. The largest absolute Gasteiger partial charge is 0.320 e. The number of pyridine rings is 1. The van der Waals surface area contributed by atoms with Gasteiger partial charge in [-0.2, -0.15) is 0 Å². The molecule has 0 unspecified atom stereocenters. The van der Waals surface area contributed by atoms with Crippen molar-refractivity contribution in [3.05, 3.63) is 54.7 Å². The van der Waals surface area contributed by atoms with Crippen LogP contribution in [0.4, 0.5) is 5.69 Å². The molecule has 8 heteroatoms. The summed E-state index contributed by atoms with van der Waals surface area (Å²) < 4.78 is 0.632. The summed E-state index contributed by atoms with van der Waals surface area (Å²) in [4.78, 5) is 16.0. The summed E-state index contributed by atoms with van der Waals surface area (Å²) in [6.45, 7) is 0. The number of nitrogens with one attached hydrogen (secondary N) is 1. The molecule has 1 N–H and O–H groups in total. The van der Waals surface area contributed by atoms with E-state index in [0.29, 0.717) is 15.2 Å². The zero-order valence-corrected chi connectivity index (χ0v) is 14.2. The molecule has 0 atom stereocenters. The number of hydrogen-bond donors (Lipinski definition) is 1. The Kier molecular flexibility index (Phi) is 5.15. The number of rotatable bonds is 2. The second kappa shape index (κ2) is 6.50. The Morgan fingerprint density at radius 2 is 1.70 bits per heavy atom. The molecule has 0 aliphatic rings. The third-order valence-electron chi connectivity index (χ3n) is 2.31. The van der Waals surface area contributed by atoms with Gasteiger partial charge >= 0.3 is 0 Å². The molecule has 0 bridgehead atoms. The minimum atomic E-state index is -0.455. The number of halogens is 5. The molecule has 1 heterocycles. The average Bonchev–Trinajstić information content (AvgIpc) is 2.38. The van der Waals surface area contributed by atoms with Gasteiger partial charge in [0.05, 0.1) is 26.3 Å². The lowest BCUT2D eigenvalue weighted by molar-refractivity contribution is 0.102. The van der Waals surface area contributed by atoms with Crippen LogP contribution in [0.3, 0.4) is 0 Å². The van der Waals surface area contributed by atoms with E-state index in [1.165, 1.54) is 18.3 Å². The minimum absolute atomic E-state index is 0.0851. The van der Waals surface area contributed by atoms with Gasteiger partial charge in [-0.1, -0.05) is 46.4 Å². The van der Waals surface area contributed by atoms with E-state index in [4.69, 9.17) is 46.4 Å². The molecule has 3 nitrogen and oxygen atoms in total. The minimum Gasteiger partial charge on any atom is -0.320 e. The molecule has 0 saturated carbocycles. The molecule has 1 amide bonds. The summed E-state index contributed by atoms with van der Waals surface area (Å²) in [5.41, 5.74) is 0.547. The van der Waals surface area contributed by atoms with Gasteiger partial charge in [-0.05, 0) is 34.1 Å². The van der Waals surface area contributed by atoms with E-state index in [1.54, 1.807) is 6.07 Å². The molecule has 0 radical (unpaired) electrons. The van der Waals surface area contributed by atoms with E-state index in [2.05, 4.69) is 26.2 Å². The number of carbonyl (C=O) groups is 1. The number of hydrogen-bond acceptors (Lipinski definition) is 2. The second-order valence-corrected chi connectivity index (χ2v) is 6.19. The SMILES string of the molecule is O=C(Nc1cc(Cl)c(Cl)cc1Cl)c1cc(Br)cnc1Cl. The second-order valence-electron chi connectivity index (χ2n) is 3.69. The fourth-order valence-corrected chi connectivity index (χ4v) is 2.50. The Balaban J connectivity index is 2.32. The van der Waals surface area contributed by atoms with Gasteiger partial charge in [-0.15, -0.1) is 0 Å². The maximum atomic E-state index is 12.1. The van der Waals surface area contributed by atoms with E-state index < -0.39 is 5.91 Å². The van der Waals surface area contributed by atoms with Gasteiger partial charge in [0.2, 0.25) is 0 Å². The first-order chi connectivity index (χ1) is 9.38. The van der Waals surface area contributed by atoms with Gasteiger partial charge < -0.3 is 5.32 Å². The molecule has 0 aliphatic carbocycles. The van der Waals surface area contributed by atoms with Crippen molar-refractivity contribution in [2.24, 2.45) is 0 Å². The van der Waals surface area contributed by atoms with Crippen molar-refractivity contribution in [3.8, 4) is 0 Å². The smallest absolute Gasteiger partial charge is 0.258 e. The molecule has 20 heavy (non-hydrogen) atoms. The fourth-order valence-electron chi connectivity index (χ4n) is 1.39. The molecule has 1 aromatic heterocycles. The van der Waals surface area contributed by atoms with Crippen LogP contribution in [0.1, 0.15) is 10.4 Å². The molecule has 1 aromatic carbocycles. The highest BCUT2D eigenvalue weighted by molar-refractivity contribution is 9.10. The standard InChI is InChI=1S/C12H5BrCl4N2O/c13-5-1-6(11(17)18-4-5)12(20)19-10-3-8(15)7(14)2-9(10)16/h1-4H,(H,19,20). The predicted molar refractivity (Wildman–Crippen MR) is 86.4 cm³/mol. The number of anilines is 1. The van der Waals surface area contributed by atoms with Crippen LogP contribution in [-0.4, -0.2) is 10.9 Å². The summed E-state index contributed by atoms with van der Waals surface area (Å²) in [5, 5.41) is 3.54. The topological polar surface area (TPSA) is 42.0 Å². The molecule has 0 fully saturated rings. The summed E-state index contributed by atoms with van der Waals surface area (Å²) in [6, 6.07) is 4.46. The normalized spacial score (nSPS) is 10.4. The molecule has 104 valence electrons. The van der Waals surface area contributed by atoms with Gasteiger partial charge in [0.1, 0.15) is 5.15 Å². The van der Waals surface area contributed by atoms with Crippen LogP contribution >= 0.6 is 62.3 Å². The number of carbonyl (C=O) groups excluding carboxylic acids is 1. The van der Waals surface area contributed by atoms with Crippen molar-refractivity contribution in [2.75, 3.05) is 5.32 Å². The summed E-state index contributed by atoms with van der Waals surface area (Å²) in [7, 11) is 0. The maximum Gasteiger partial charge on any atom is 0.258 e. The van der Waals surface area contributed by atoms with Crippen molar-refractivity contribution in [1.82, 2.24) is 4.98 Å². The van der Waals surface area contributed by atoms with E-state index in [-0.39, 0.29) is 20.8 Å². The van der Waals surface area contributed by atoms with Crippen molar-refractivity contribution in [1.29, 1.82) is 0 Å². The van der Waals surface area contributed by atoms with Gasteiger partial charge in [0.15, 0.2) is 0 Å². The quantitative estimate of drug-likeness (QED) is 0.505. The monoisotopic (exact) mass is 412 g/mol. The molecule has 0 spiro atoms.